The Hall–Kier alpha value is -1.85. The van der Waals surface area contributed by atoms with Gasteiger partial charge in [0.1, 0.15) is 5.76 Å². The number of rotatable bonds is 5. The SMILES string of the molecule is CCC(OC(=O)C1C2CC3CC(C2)CC1C3)C(=O)Nc1cc(C)on1. The molecule has 4 fully saturated rings. The van der Waals surface area contributed by atoms with Crippen molar-refractivity contribution in [3.05, 3.63) is 11.8 Å². The van der Waals surface area contributed by atoms with Crippen molar-refractivity contribution in [2.24, 2.45) is 29.6 Å². The van der Waals surface area contributed by atoms with Crippen molar-refractivity contribution < 1.29 is 18.8 Å². The molecule has 1 N–H and O–H groups in total. The van der Waals surface area contributed by atoms with E-state index in [0.717, 1.165) is 37.5 Å². The van der Waals surface area contributed by atoms with E-state index < -0.39 is 6.10 Å². The zero-order chi connectivity index (χ0) is 17.6. The quantitative estimate of drug-likeness (QED) is 0.827. The summed E-state index contributed by atoms with van der Waals surface area (Å²) in [5.41, 5.74) is 0. The van der Waals surface area contributed by atoms with Crippen LogP contribution in [0, 0.1) is 36.5 Å². The van der Waals surface area contributed by atoms with Crippen LogP contribution in [0.3, 0.4) is 0 Å². The van der Waals surface area contributed by atoms with Crippen LogP contribution >= 0.6 is 0 Å². The number of aromatic nitrogens is 1. The van der Waals surface area contributed by atoms with Gasteiger partial charge in [0.2, 0.25) is 0 Å². The van der Waals surface area contributed by atoms with Crippen LogP contribution in [0.1, 0.15) is 51.2 Å². The molecule has 4 aliphatic carbocycles. The molecule has 1 amide bonds. The van der Waals surface area contributed by atoms with Crippen molar-refractivity contribution in [3.8, 4) is 0 Å². The molecular formula is C19H26N2O4. The van der Waals surface area contributed by atoms with Crippen LogP contribution in [-0.4, -0.2) is 23.1 Å². The number of carbonyl (C=O) groups is 2. The first-order valence-electron chi connectivity index (χ1n) is 9.48. The number of hydrogen-bond donors (Lipinski definition) is 1. The molecule has 1 aromatic rings. The van der Waals surface area contributed by atoms with Gasteiger partial charge in [-0.2, -0.15) is 0 Å². The highest BCUT2D eigenvalue weighted by Crippen LogP contribution is 2.56. The number of nitrogens with zero attached hydrogens (tertiary/aromatic N) is 1. The summed E-state index contributed by atoms with van der Waals surface area (Å²) >= 11 is 0. The molecule has 136 valence electrons. The molecule has 1 atom stereocenters. The van der Waals surface area contributed by atoms with Gasteiger partial charge >= 0.3 is 5.97 Å². The van der Waals surface area contributed by atoms with Crippen molar-refractivity contribution in [1.29, 1.82) is 0 Å². The zero-order valence-corrected chi connectivity index (χ0v) is 14.9. The lowest BCUT2D eigenvalue weighted by atomic mass is 9.52. The minimum Gasteiger partial charge on any atom is -0.452 e. The summed E-state index contributed by atoms with van der Waals surface area (Å²) in [6.45, 7) is 3.61. The Labute approximate surface area is 147 Å². The summed E-state index contributed by atoms with van der Waals surface area (Å²) in [5, 5.41) is 6.42. The van der Waals surface area contributed by atoms with Crippen LogP contribution in [-0.2, 0) is 14.3 Å². The molecule has 4 aliphatic rings. The Bertz CT molecular complexity index is 640. The number of aryl methyl sites for hydroxylation is 1. The third-order valence-corrected chi connectivity index (χ3v) is 6.30. The van der Waals surface area contributed by atoms with Gasteiger partial charge in [-0.25, -0.2) is 0 Å². The van der Waals surface area contributed by atoms with E-state index in [1.54, 1.807) is 13.0 Å². The van der Waals surface area contributed by atoms with Crippen LogP contribution in [0.25, 0.3) is 0 Å². The number of nitrogens with one attached hydrogen (secondary N) is 1. The summed E-state index contributed by atoms with van der Waals surface area (Å²) < 4.78 is 10.6. The predicted octanol–water partition coefficient (Wildman–Crippen LogP) is 3.32. The summed E-state index contributed by atoms with van der Waals surface area (Å²) in [4.78, 5) is 25.2. The fourth-order valence-electron chi connectivity index (χ4n) is 5.48. The van der Waals surface area contributed by atoms with Crippen LogP contribution in [0.5, 0.6) is 0 Å². The van der Waals surface area contributed by atoms with Crippen molar-refractivity contribution in [3.63, 3.8) is 0 Å². The molecule has 0 aromatic carbocycles. The largest absolute Gasteiger partial charge is 0.452 e. The number of ether oxygens (including phenoxy) is 1. The number of anilines is 1. The van der Waals surface area contributed by atoms with E-state index in [1.807, 2.05) is 6.92 Å². The molecule has 1 heterocycles. The number of hydrogen-bond acceptors (Lipinski definition) is 5. The smallest absolute Gasteiger partial charge is 0.310 e. The molecule has 4 bridgehead atoms. The highest BCUT2D eigenvalue weighted by atomic mass is 16.5. The lowest BCUT2D eigenvalue weighted by Gasteiger charge is -2.53. The highest BCUT2D eigenvalue weighted by Gasteiger charge is 2.51. The van der Waals surface area contributed by atoms with Gasteiger partial charge in [0, 0.05) is 6.07 Å². The molecule has 25 heavy (non-hydrogen) atoms. The maximum Gasteiger partial charge on any atom is 0.310 e. The summed E-state index contributed by atoms with van der Waals surface area (Å²) in [7, 11) is 0. The monoisotopic (exact) mass is 346 g/mol. The highest BCUT2D eigenvalue weighted by molar-refractivity contribution is 5.94. The Morgan fingerprint density at radius 3 is 2.40 bits per heavy atom. The molecule has 4 saturated carbocycles. The first-order chi connectivity index (χ1) is 12.0. The van der Waals surface area contributed by atoms with E-state index in [0.29, 0.717) is 29.8 Å². The minimum absolute atomic E-state index is 0.0102. The second kappa shape index (κ2) is 6.46. The second-order valence-corrected chi connectivity index (χ2v) is 8.10. The lowest BCUT2D eigenvalue weighted by Crippen LogP contribution is -2.49. The Morgan fingerprint density at radius 1 is 1.24 bits per heavy atom. The molecule has 6 nitrogen and oxygen atoms in total. The Kier molecular flexibility index (Phi) is 4.29. The van der Waals surface area contributed by atoms with E-state index in [9.17, 15) is 9.59 Å². The molecule has 1 aromatic heterocycles. The lowest BCUT2D eigenvalue weighted by molar-refractivity contribution is -0.170. The number of esters is 1. The second-order valence-electron chi connectivity index (χ2n) is 8.10. The normalized spacial score (nSPS) is 33.9. The Morgan fingerprint density at radius 2 is 1.88 bits per heavy atom. The van der Waals surface area contributed by atoms with E-state index in [-0.39, 0.29) is 17.8 Å². The summed E-state index contributed by atoms with van der Waals surface area (Å²) in [5.74, 6) is 2.99. The topological polar surface area (TPSA) is 81.4 Å². The molecule has 0 radical (unpaired) electrons. The molecule has 0 saturated heterocycles. The van der Waals surface area contributed by atoms with Crippen molar-refractivity contribution in [1.82, 2.24) is 5.16 Å². The van der Waals surface area contributed by atoms with Gasteiger partial charge < -0.3 is 14.6 Å². The van der Waals surface area contributed by atoms with Crippen LogP contribution in [0.15, 0.2) is 10.6 Å². The summed E-state index contributed by atoms with van der Waals surface area (Å²) in [6.07, 6.45) is 5.67. The number of amides is 1. The molecule has 0 aliphatic heterocycles. The first kappa shape index (κ1) is 16.6. The first-order valence-corrected chi connectivity index (χ1v) is 9.48. The van der Waals surface area contributed by atoms with Crippen molar-refractivity contribution in [2.75, 3.05) is 5.32 Å². The van der Waals surface area contributed by atoms with E-state index in [4.69, 9.17) is 9.26 Å². The molecule has 1 unspecified atom stereocenters. The maximum absolute atomic E-state index is 12.8. The molecule has 6 heteroatoms. The van der Waals surface area contributed by atoms with Gasteiger partial charge in [-0.15, -0.1) is 0 Å². The molecule has 5 rings (SSSR count). The fraction of sp³-hybridized carbons (Fsp3) is 0.737. The standard InChI is InChI=1S/C19H26N2O4/c1-3-15(18(22)20-16-4-10(2)25-21-16)24-19(23)17-13-6-11-5-12(8-13)9-14(17)7-11/h4,11-15,17H,3,5-9H2,1-2H3,(H,20,21,22). The number of carbonyl (C=O) groups excluding carboxylic acids is 2. The van der Waals surface area contributed by atoms with Gasteiger partial charge in [0.25, 0.3) is 5.91 Å². The van der Waals surface area contributed by atoms with Crippen LogP contribution in [0.2, 0.25) is 0 Å². The Balaban J connectivity index is 1.39. The minimum atomic E-state index is -0.776. The average Bonchev–Trinajstić information content (AvgIpc) is 2.96. The summed E-state index contributed by atoms with van der Waals surface area (Å²) in [6, 6.07) is 1.64. The van der Waals surface area contributed by atoms with Crippen molar-refractivity contribution in [2.45, 2.75) is 58.5 Å². The van der Waals surface area contributed by atoms with E-state index in [1.165, 1.54) is 6.42 Å². The van der Waals surface area contributed by atoms with Gasteiger partial charge in [0.15, 0.2) is 11.9 Å². The van der Waals surface area contributed by atoms with Crippen LogP contribution < -0.4 is 5.32 Å². The molecular weight excluding hydrogens is 320 g/mol. The van der Waals surface area contributed by atoms with Gasteiger partial charge in [-0.05, 0) is 69.1 Å². The molecule has 0 spiro atoms. The van der Waals surface area contributed by atoms with Crippen molar-refractivity contribution >= 4 is 17.7 Å². The van der Waals surface area contributed by atoms with Gasteiger partial charge in [0.05, 0.1) is 5.92 Å². The van der Waals surface area contributed by atoms with Gasteiger partial charge in [-0.1, -0.05) is 12.1 Å². The van der Waals surface area contributed by atoms with E-state index in [2.05, 4.69) is 10.5 Å². The predicted molar refractivity (Wildman–Crippen MR) is 90.6 cm³/mol. The third-order valence-electron chi connectivity index (χ3n) is 6.30. The zero-order valence-electron chi connectivity index (χ0n) is 14.9. The average molecular weight is 346 g/mol. The van der Waals surface area contributed by atoms with Gasteiger partial charge in [-0.3, -0.25) is 9.59 Å². The van der Waals surface area contributed by atoms with Crippen LogP contribution in [0.4, 0.5) is 5.82 Å². The fourth-order valence-corrected chi connectivity index (χ4v) is 5.48. The maximum atomic E-state index is 12.8. The third kappa shape index (κ3) is 3.18. The van der Waals surface area contributed by atoms with E-state index >= 15 is 0 Å².